The number of nitro groups is 1. The maximum atomic E-state index is 12.0. The lowest BCUT2D eigenvalue weighted by molar-refractivity contribution is -0.384. The zero-order valence-electron chi connectivity index (χ0n) is 24.2. The molecule has 3 N–H and O–H groups in total. The molecular weight excluding hydrogens is 568 g/mol. The number of carboxylic acid groups (broad SMARTS) is 1. The zero-order chi connectivity index (χ0) is 31.1. The summed E-state index contributed by atoms with van der Waals surface area (Å²) in [4.78, 5) is 38.0. The summed E-state index contributed by atoms with van der Waals surface area (Å²) in [7, 11) is 0. The third kappa shape index (κ3) is 8.17. The van der Waals surface area contributed by atoms with E-state index in [1.54, 1.807) is 24.3 Å². The summed E-state index contributed by atoms with van der Waals surface area (Å²) in [6.45, 7) is 3.87. The second kappa shape index (κ2) is 14.4. The molecule has 3 atom stereocenters. The van der Waals surface area contributed by atoms with Crippen molar-refractivity contribution in [2.24, 2.45) is 0 Å². The Kier molecular flexibility index (Phi) is 10.2. The molecule has 0 bridgehead atoms. The summed E-state index contributed by atoms with van der Waals surface area (Å²) < 4.78 is 12.9. The SMILES string of the molecule is O=C(O)CCC(=O)Nc1ccc(C2OC(CN3CCN(c4ccc([N+](=O)[O-])cc4)CC3)CC(c3ccc(CO)cc3)O2)cc1. The number of carboxylic acids is 1. The maximum Gasteiger partial charge on any atom is 0.303 e. The van der Waals surface area contributed by atoms with E-state index in [2.05, 4.69) is 15.1 Å². The van der Waals surface area contributed by atoms with Gasteiger partial charge in [0.15, 0.2) is 6.29 Å². The van der Waals surface area contributed by atoms with Gasteiger partial charge in [-0.1, -0.05) is 36.4 Å². The number of carbonyl (C=O) groups is 2. The van der Waals surface area contributed by atoms with Gasteiger partial charge in [0.1, 0.15) is 0 Å². The van der Waals surface area contributed by atoms with Crippen LogP contribution in [0.2, 0.25) is 0 Å². The number of piperazine rings is 1. The molecule has 232 valence electrons. The maximum absolute atomic E-state index is 12.0. The van der Waals surface area contributed by atoms with Gasteiger partial charge < -0.3 is 29.9 Å². The van der Waals surface area contributed by atoms with Gasteiger partial charge in [0.25, 0.3) is 5.69 Å². The highest BCUT2D eigenvalue weighted by Crippen LogP contribution is 2.38. The fourth-order valence-electron chi connectivity index (χ4n) is 5.46. The van der Waals surface area contributed by atoms with Crippen molar-refractivity contribution in [3.63, 3.8) is 0 Å². The molecule has 2 saturated heterocycles. The molecule has 3 unspecified atom stereocenters. The van der Waals surface area contributed by atoms with Crippen molar-refractivity contribution in [1.82, 2.24) is 4.90 Å². The minimum Gasteiger partial charge on any atom is -0.481 e. The quantitative estimate of drug-likeness (QED) is 0.214. The number of benzene rings is 3. The summed E-state index contributed by atoms with van der Waals surface area (Å²) >= 11 is 0. The van der Waals surface area contributed by atoms with Gasteiger partial charge in [-0.3, -0.25) is 24.6 Å². The fourth-order valence-corrected chi connectivity index (χ4v) is 5.46. The number of non-ortho nitro benzene ring substituents is 1. The second-order valence-corrected chi connectivity index (χ2v) is 11.0. The standard InChI is InChI=1S/C32H36N4O8/c37-21-22-1-3-23(4-2-22)29-19-28(20-34-15-17-35(18-16-34)26-9-11-27(12-10-26)36(41)42)43-32(44-29)24-5-7-25(8-6-24)33-30(38)13-14-31(39)40/h1-12,28-29,32,37H,13-21H2,(H,33,38)(H,39,40). The molecule has 2 heterocycles. The number of hydrogen-bond acceptors (Lipinski definition) is 9. The van der Waals surface area contributed by atoms with E-state index in [9.17, 15) is 24.8 Å². The van der Waals surface area contributed by atoms with Crippen LogP contribution < -0.4 is 10.2 Å². The Bertz CT molecular complexity index is 1420. The Morgan fingerprint density at radius 1 is 0.886 bits per heavy atom. The van der Waals surface area contributed by atoms with E-state index >= 15 is 0 Å². The first-order valence-electron chi connectivity index (χ1n) is 14.6. The Hall–Kier alpha value is -4.36. The number of aliphatic carboxylic acids is 1. The van der Waals surface area contributed by atoms with Crippen LogP contribution in [-0.2, 0) is 25.7 Å². The number of nitro benzene ring substituents is 1. The lowest BCUT2D eigenvalue weighted by atomic mass is 9.99. The molecule has 5 rings (SSSR count). The monoisotopic (exact) mass is 604 g/mol. The summed E-state index contributed by atoms with van der Waals surface area (Å²) in [5.74, 6) is -1.39. The molecule has 0 aromatic heterocycles. The molecule has 2 aliphatic heterocycles. The van der Waals surface area contributed by atoms with Crippen LogP contribution >= 0.6 is 0 Å². The van der Waals surface area contributed by atoms with Crippen LogP contribution in [0, 0.1) is 10.1 Å². The summed E-state index contributed by atoms with van der Waals surface area (Å²) in [5, 5.41) is 32.0. The van der Waals surface area contributed by atoms with Crippen molar-refractivity contribution in [3.05, 3.63) is 99.6 Å². The van der Waals surface area contributed by atoms with Crippen LogP contribution in [0.15, 0.2) is 72.8 Å². The van der Waals surface area contributed by atoms with E-state index in [-0.39, 0.29) is 43.3 Å². The molecule has 0 saturated carbocycles. The third-order valence-corrected chi connectivity index (χ3v) is 7.91. The van der Waals surface area contributed by atoms with Gasteiger partial charge in [-0.15, -0.1) is 0 Å². The number of anilines is 2. The average Bonchev–Trinajstić information content (AvgIpc) is 3.04. The van der Waals surface area contributed by atoms with Crippen LogP contribution in [0.1, 0.15) is 48.3 Å². The minimum absolute atomic E-state index is 0.0365. The van der Waals surface area contributed by atoms with Crippen molar-refractivity contribution < 1.29 is 34.2 Å². The third-order valence-electron chi connectivity index (χ3n) is 7.91. The smallest absolute Gasteiger partial charge is 0.303 e. The number of rotatable bonds is 11. The summed E-state index contributed by atoms with van der Waals surface area (Å²) in [6, 6.07) is 21.5. The normalized spacial score (nSPS) is 20.7. The molecule has 12 heteroatoms. The van der Waals surface area contributed by atoms with Crippen molar-refractivity contribution in [2.75, 3.05) is 42.9 Å². The highest BCUT2D eigenvalue weighted by Gasteiger charge is 2.34. The first kappa shape index (κ1) is 31.1. The van der Waals surface area contributed by atoms with Gasteiger partial charge in [0.05, 0.1) is 30.2 Å². The van der Waals surface area contributed by atoms with E-state index in [0.29, 0.717) is 18.7 Å². The van der Waals surface area contributed by atoms with Crippen molar-refractivity contribution >= 4 is 28.9 Å². The Balaban J connectivity index is 1.24. The first-order chi connectivity index (χ1) is 21.3. The lowest BCUT2D eigenvalue weighted by Crippen LogP contribution is -2.49. The second-order valence-electron chi connectivity index (χ2n) is 11.0. The average molecular weight is 605 g/mol. The molecule has 0 radical (unpaired) electrons. The van der Waals surface area contributed by atoms with Crippen LogP contribution in [0.4, 0.5) is 17.1 Å². The van der Waals surface area contributed by atoms with Crippen molar-refractivity contribution in [1.29, 1.82) is 0 Å². The predicted molar refractivity (Wildman–Crippen MR) is 162 cm³/mol. The van der Waals surface area contributed by atoms with Crippen molar-refractivity contribution in [3.8, 4) is 0 Å². The van der Waals surface area contributed by atoms with Gasteiger partial charge in [-0.25, -0.2) is 0 Å². The van der Waals surface area contributed by atoms with Gasteiger partial charge >= 0.3 is 5.97 Å². The van der Waals surface area contributed by atoms with E-state index in [1.807, 2.05) is 36.4 Å². The first-order valence-corrected chi connectivity index (χ1v) is 14.6. The van der Waals surface area contributed by atoms with Crippen molar-refractivity contribution in [2.45, 2.75) is 44.4 Å². The number of hydrogen-bond donors (Lipinski definition) is 3. The Labute approximate surface area is 255 Å². The van der Waals surface area contributed by atoms with Crippen LogP contribution in [0.3, 0.4) is 0 Å². The van der Waals surface area contributed by atoms with E-state index in [1.165, 1.54) is 12.1 Å². The molecule has 2 fully saturated rings. The number of amides is 1. The number of aliphatic hydroxyl groups is 1. The Morgan fingerprint density at radius 3 is 2.16 bits per heavy atom. The van der Waals surface area contributed by atoms with Gasteiger partial charge in [-0.05, 0) is 35.4 Å². The highest BCUT2D eigenvalue weighted by molar-refractivity contribution is 5.92. The molecule has 44 heavy (non-hydrogen) atoms. The Morgan fingerprint density at radius 2 is 1.55 bits per heavy atom. The number of aliphatic hydroxyl groups excluding tert-OH is 1. The molecule has 12 nitrogen and oxygen atoms in total. The largest absolute Gasteiger partial charge is 0.481 e. The molecule has 2 aliphatic rings. The number of ether oxygens (including phenoxy) is 2. The predicted octanol–water partition coefficient (Wildman–Crippen LogP) is 4.26. The van der Waals surface area contributed by atoms with Crippen LogP contribution in [0.5, 0.6) is 0 Å². The van der Waals surface area contributed by atoms with Gasteiger partial charge in [-0.2, -0.15) is 0 Å². The number of carbonyl (C=O) groups excluding carboxylic acids is 1. The van der Waals surface area contributed by atoms with Crippen LogP contribution in [0.25, 0.3) is 0 Å². The van der Waals surface area contributed by atoms with E-state index in [0.717, 1.165) is 48.6 Å². The molecule has 3 aromatic rings. The fraction of sp³-hybridized carbons (Fsp3) is 0.375. The number of nitrogens with zero attached hydrogens (tertiary/aromatic N) is 3. The van der Waals surface area contributed by atoms with Gasteiger partial charge in [0, 0.05) is 74.6 Å². The highest BCUT2D eigenvalue weighted by atomic mass is 16.7. The summed E-state index contributed by atoms with van der Waals surface area (Å²) in [5.41, 5.74) is 4.20. The minimum atomic E-state index is -1.02. The van der Waals surface area contributed by atoms with E-state index < -0.39 is 17.2 Å². The molecule has 3 aromatic carbocycles. The molecular formula is C32H36N4O8. The summed E-state index contributed by atoms with van der Waals surface area (Å²) in [6.07, 6.45) is -0.695. The van der Waals surface area contributed by atoms with Gasteiger partial charge in [0.2, 0.25) is 5.91 Å². The molecule has 0 aliphatic carbocycles. The zero-order valence-corrected chi connectivity index (χ0v) is 24.2. The molecule has 1 amide bonds. The molecule has 0 spiro atoms. The van der Waals surface area contributed by atoms with Crippen LogP contribution in [-0.4, -0.2) is 70.7 Å². The van der Waals surface area contributed by atoms with E-state index in [4.69, 9.17) is 14.6 Å². The topological polar surface area (TPSA) is 155 Å². The lowest BCUT2D eigenvalue weighted by Gasteiger charge is -2.41. The number of nitrogens with one attached hydrogen (secondary N) is 1.